The first-order valence-corrected chi connectivity index (χ1v) is 5.59. The van der Waals surface area contributed by atoms with E-state index in [0.29, 0.717) is 13.0 Å². The Morgan fingerprint density at radius 1 is 1.35 bits per heavy atom. The van der Waals surface area contributed by atoms with Crippen LogP contribution in [0.1, 0.15) is 13.3 Å². The first kappa shape index (κ1) is 14.4. The largest absolute Gasteiger partial charge is 0.382 e. The number of hydrogen-bond donors (Lipinski definition) is 1. The van der Waals surface area contributed by atoms with Crippen molar-refractivity contribution >= 4 is 5.91 Å². The van der Waals surface area contributed by atoms with E-state index >= 15 is 0 Å². The molecule has 1 heterocycles. The van der Waals surface area contributed by atoms with Crippen molar-refractivity contribution in [3.63, 3.8) is 0 Å². The zero-order valence-electron chi connectivity index (χ0n) is 10.8. The standard InChI is InChI=1S/C11H21NO5/c1-7(13)12-8-5-9(15-3)10(6-14-2)17-11(8)16-4/h8-11H,5-6H2,1-4H3,(H,12,13). The first-order valence-electron chi connectivity index (χ1n) is 5.59. The van der Waals surface area contributed by atoms with Crippen molar-refractivity contribution in [2.45, 2.75) is 37.9 Å². The maximum absolute atomic E-state index is 11.1. The summed E-state index contributed by atoms with van der Waals surface area (Å²) < 4.78 is 21.4. The Morgan fingerprint density at radius 3 is 2.53 bits per heavy atom. The van der Waals surface area contributed by atoms with Gasteiger partial charge in [0.25, 0.3) is 0 Å². The topological polar surface area (TPSA) is 66.0 Å². The maximum Gasteiger partial charge on any atom is 0.217 e. The Morgan fingerprint density at radius 2 is 2.06 bits per heavy atom. The van der Waals surface area contributed by atoms with Crippen LogP contribution in [0.15, 0.2) is 0 Å². The quantitative estimate of drug-likeness (QED) is 0.735. The van der Waals surface area contributed by atoms with E-state index in [1.165, 1.54) is 6.92 Å². The Balaban J connectivity index is 2.66. The monoisotopic (exact) mass is 247 g/mol. The van der Waals surface area contributed by atoms with E-state index in [4.69, 9.17) is 18.9 Å². The van der Waals surface area contributed by atoms with E-state index < -0.39 is 6.29 Å². The predicted octanol–water partition coefficient (Wildman–Crippen LogP) is -0.0861. The van der Waals surface area contributed by atoms with E-state index in [0.717, 1.165) is 0 Å². The normalized spacial score (nSPS) is 33.4. The van der Waals surface area contributed by atoms with Gasteiger partial charge in [0.2, 0.25) is 5.91 Å². The summed E-state index contributed by atoms with van der Waals surface area (Å²) in [7, 11) is 4.78. The van der Waals surface area contributed by atoms with Gasteiger partial charge in [0, 0.05) is 34.7 Å². The molecule has 1 amide bonds. The second kappa shape index (κ2) is 6.90. The Hall–Kier alpha value is -0.690. The summed E-state index contributed by atoms with van der Waals surface area (Å²) in [5.41, 5.74) is 0. The third kappa shape index (κ3) is 3.92. The lowest BCUT2D eigenvalue weighted by molar-refractivity contribution is -0.238. The van der Waals surface area contributed by atoms with Gasteiger partial charge < -0.3 is 24.3 Å². The highest BCUT2D eigenvalue weighted by Gasteiger charge is 2.38. The zero-order chi connectivity index (χ0) is 12.8. The molecule has 0 saturated carbocycles. The van der Waals surface area contributed by atoms with E-state index in [1.54, 1.807) is 21.3 Å². The predicted molar refractivity (Wildman–Crippen MR) is 60.6 cm³/mol. The molecule has 100 valence electrons. The van der Waals surface area contributed by atoms with Crippen LogP contribution in [0.25, 0.3) is 0 Å². The minimum Gasteiger partial charge on any atom is -0.382 e. The van der Waals surface area contributed by atoms with Crippen LogP contribution >= 0.6 is 0 Å². The number of methoxy groups -OCH3 is 3. The van der Waals surface area contributed by atoms with Crippen LogP contribution in [0, 0.1) is 0 Å². The summed E-state index contributed by atoms with van der Waals surface area (Å²) in [5, 5.41) is 2.80. The number of ether oxygens (including phenoxy) is 4. The van der Waals surface area contributed by atoms with Crippen LogP contribution in [0.4, 0.5) is 0 Å². The zero-order valence-corrected chi connectivity index (χ0v) is 10.8. The van der Waals surface area contributed by atoms with Crippen molar-refractivity contribution in [3.05, 3.63) is 0 Å². The van der Waals surface area contributed by atoms with Crippen LogP contribution in [-0.4, -0.2) is 58.4 Å². The van der Waals surface area contributed by atoms with Crippen LogP contribution in [-0.2, 0) is 23.7 Å². The highest BCUT2D eigenvalue weighted by Crippen LogP contribution is 2.23. The lowest BCUT2D eigenvalue weighted by atomic mass is 10.0. The molecule has 17 heavy (non-hydrogen) atoms. The second-order valence-corrected chi connectivity index (χ2v) is 4.05. The van der Waals surface area contributed by atoms with Crippen molar-refractivity contribution in [3.8, 4) is 0 Å². The molecule has 0 radical (unpaired) electrons. The van der Waals surface area contributed by atoms with Gasteiger partial charge in [0.1, 0.15) is 6.10 Å². The summed E-state index contributed by atoms with van der Waals surface area (Å²) in [5.74, 6) is -0.110. The Kier molecular flexibility index (Phi) is 5.84. The lowest BCUT2D eigenvalue weighted by Gasteiger charge is -2.39. The van der Waals surface area contributed by atoms with Gasteiger partial charge in [-0.05, 0) is 0 Å². The van der Waals surface area contributed by atoms with Crippen molar-refractivity contribution in [1.82, 2.24) is 5.32 Å². The van der Waals surface area contributed by atoms with Crippen LogP contribution in [0.5, 0.6) is 0 Å². The first-order chi connectivity index (χ1) is 8.12. The molecule has 0 aromatic heterocycles. The minimum absolute atomic E-state index is 0.110. The third-order valence-corrected chi connectivity index (χ3v) is 2.79. The van der Waals surface area contributed by atoms with Crippen LogP contribution in [0.3, 0.4) is 0 Å². The van der Waals surface area contributed by atoms with E-state index in [-0.39, 0.29) is 24.2 Å². The molecule has 4 unspecified atom stereocenters. The molecule has 0 spiro atoms. The maximum atomic E-state index is 11.1. The molecule has 6 heteroatoms. The SMILES string of the molecule is COCC1OC(OC)C(NC(C)=O)CC1OC. The van der Waals surface area contributed by atoms with Gasteiger partial charge >= 0.3 is 0 Å². The molecule has 6 nitrogen and oxygen atoms in total. The molecule has 1 aliphatic rings. The van der Waals surface area contributed by atoms with Gasteiger partial charge in [0.05, 0.1) is 18.8 Å². The van der Waals surface area contributed by atoms with Crippen molar-refractivity contribution in [1.29, 1.82) is 0 Å². The Labute approximate surface area is 102 Å². The molecule has 1 aliphatic heterocycles. The third-order valence-electron chi connectivity index (χ3n) is 2.79. The van der Waals surface area contributed by atoms with E-state index in [1.807, 2.05) is 0 Å². The molecule has 1 N–H and O–H groups in total. The average Bonchev–Trinajstić information content (AvgIpc) is 2.30. The lowest BCUT2D eigenvalue weighted by Crippen LogP contribution is -2.56. The number of amides is 1. The summed E-state index contributed by atoms with van der Waals surface area (Å²) in [4.78, 5) is 11.1. The van der Waals surface area contributed by atoms with E-state index in [9.17, 15) is 4.79 Å². The number of nitrogens with one attached hydrogen (secondary N) is 1. The van der Waals surface area contributed by atoms with Gasteiger partial charge in [-0.2, -0.15) is 0 Å². The fourth-order valence-corrected chi connectivity index (χ4v) is 2.03. The number of rotatable bonds is 5. The Bertz CT molecular complexity index is 248. The molecule has 1 saturated heterocycles. The molecule has 1 fully saturated rings. The van der Waals surface area contributed by atoms with Gasteiger partial charge in [0.15, 0.2) is 6.29 Å². The number of carbonyl (C=O) groups excluding carboxylic acids is 1. The highest BCUT2D eigenvalue weighted by atomic mass is 16.7. The summed E-state index contributed by atoms with van der Waals surface area (Å²) >= 11 is 0. The molecular weight excluding hydrogens is 226 g/mol. The molecule has 0 aromatic rings. The molecule has 1 rings (SSSR count). The molecule has 0 bridgehead atoms. The summed E-state index contributed by atoms with van der Waals surface area (Å²) in [6.07, 6.45) is -0.119. The smallest absolute Gasteiger partial charge is 0.217 e. The summed E-state index contributed by atoms with van der Waals surface area (Å²) in [6.45, 7) is 1.90. The number of hydrogen-bond acceptors (Lipinski definition) is 5. The van der Waals surface area contributed by atoms with Gasteiger partial charge in [-0.1, -0.05) is 0 Å². The van der Waals surface area contributed by atoms with Crippen LogP contribution in [0.2, 0.25) is 0 Å². The van der Waals surface area contributed by atoms with Crippen molar-refractivity contribution < 1.29 is 23.7 Å². The van der Waals surface area contributed by atoms with Gasteiger partial charge in [-0.3, -0.25) is 4.79 Å². The molecular formula is C11H21NO5. The fourth-order valence-electron chi connectivity index (χ4n) is 2.03. The highest BCUT2D eigenvalue weighted by molar-refractivity contribution is 5.73. The fraction of sp³-hybridized carbons (Fsp3) is 0.909. The van der Waals surface area contributed by atoms with Crippen molar-refractivity contribution in [2.75, 3.05) is 27.9 Å². The van der Waals surface area contributed by atoms with Crippen molar-refractivity contribution in [2.24, 2.45) is 0 Å². The number of carbonyl (C=O) groups is 1. The average molecular weight is 247 g/mol. The minimum atomic E-state index is -0.467. The summed E-state index contributed by atoms with van der Waals surface area (Å²) in [6, 6.07) is -0.199. The molecule has 0 aromatic carbocycles. The van der Waals surface area contributed by atoms with Gasteiger partial charge in [-0.25, -0.2) is 0 Å². The molecule has 4 atom stereocenters. The second-order valence-electron chi connectivity index (χ2n) is 4.05. The van der Waals surface area contributed by atoms with E-state index in [2.05, 4.69) is 5.32 Å². The van der Waals surface area contributed by atoms with Crippen LogP contribution < -0.4 is 5.32 Å². The molecule has 0 aliphatic carbocycles. The van der Waals surface area contributed by atoms with Gasteiger partial charge in [-0.15, -0.1) is 0 Å².